The summed E-state index contributed by atoms with van der Waals surface area (Å²) in [5.74, 6) is 1.24. The van der Waals surface area contributed by atoms with E-state index in [2.05, 4.69) is 25.9 Å². The Bertz CT molecular complexity index is 1520. The first-order valence-corrected chi connectivity index (χ1v) is 13.5. The van der Waals surface area contributed by atoms with Crippen molar-refractivity contribution in [3.8, 4) is 22.9 Å². The molecule has 6 rings (SSSR count). The maximum atomic E-state index is 14.9. The second-order valence-electron chi connectivity index (χ2n) is 10.3. The zero-order valence-electron chi connectivity index (χ0n) is 21.8. The van der Waals surface area contributed by atoms with Gasteiger partial charge in [0, 0.05) is 42.2 Å². The topological polar surface area (TPSA) is 101 Å². The van der Waals surface area contributed by atoms with Crippen LogP contribution in [0.1, 0.15) is 37.7 Å². The number of nitrogens with one attached hydrogen (secondary N) is 3. The maximum Gasteiger partial charge on any atom is 0.228 e. The van der Waals surface area contributed by atoms with Crippen molar-refractivity contribution in [3.63, 3.8) is 0 Å². The summed E-state index contributed by atoms with van der Waals surface area (Å²) >= 11 is 0. The molecular formula is C30H31FN6O2. The fourth-order valence-corrected chi connectivity index (χ4v) is 5.00. The summed E-state index contributed by atoms with van der Waals surface area (Å²) < 4.78 is 21.3. The van der Waals surface area contributed by atoms with E-state index in [1.165, 1.54) is 6.07 Å². The molecule has 2 aromatic carbocycles. The van der Waals surface area contributed by atoms with Crippen LogP contribution in [-0.2, 0) is 4.79 Å². The Morgan fingerprint density at radius 2 is 1.95 bits per heavy atom. The number of ether oxygens (including phenoxy) is 1. The number of carbonyl (C=O) groups is 1. The molecule has 1 amide bonds. The number of fused-ring (bicyclic) bond motifs is 1. The molecule has 1 saturated carbocycles. The lowest BCUT2D eigenvalue weighted by atomic mass is 10.0. The highest BCUT2D eigenvalue weighted by Gasteiger charge is 2.25. The highest BCUT2D eigenvalue weighted by atomic mass is 19.1. The molecule has 0 unspecified atom stereocenters. The Balaban J connectivity index is 1.32. The van der Waals surface area contributed by atoms with Crippen molar-refractivity contribution in [2.75, 3.05) is 23.7 Å². The van der Waals surface area contributed by atoms with E-state index < -0.39 is 5.82 Å². The number of benzene rings is 2. The van der Waals surface area contributed by atoms with Crippen LogP contribution in [0.5, 0.6) is 11.6 Å². The van der Waals surface area contributed by atoms with E-state index in [-0.39, 0.29) is 17.6 Å². The average molecular weight is 527 g/mol. The van der Waals surface area contributed by atoms with Gasteiger partial charge in [-0.2, -0.15) is 0 Å². The largest absolute Gasteiger partial charge is 0.437 e. The number of halogens is 1. The predicted molar refractivity (Wildman–Crippen MR) is 149 cm³/mol. The number of nitrogens with zero attached hydrogens (tertiary/aromatic N) is 3. The highest BCUT2D eigenvalue weighted by Crippen LogP contribution is 2.40. The van der Waals surface area contributed by atoms with Gasteiger partial charge in [0.1, 0.15) is 11.6 Å². The van der Waals surface area contributed by atoms with Crippen LogP contribution in [0.15, 0.2) is 54.9 Å². The second-order valence-corrected chi connectivity index (χ2v) is 10.3. The van der Waals surface area contributed by atoms with Crippen LogP contribution in [-0.4, -0.2) is 40.0 Å². The van der Waals surface area contributed by atoms with Crippen LogP contribution < -0.4 is 20.7 Å². The zero-order chi connectivity index (χ0) is 26.8. The number of hydrogen-bond donors (Lipinski definition) is 3. The van der Waals surface area contributed by atoms with E-state index in [0.717, 1.165) is 44.3 Å². The molecule has 2 aliphatic rings. The van der Waals surface area contributed by atoms with Gasteiger partial charge in [0.25, 0.3) is 0 Å². The molecule has 1 saturated heterocycles. The number of amides is 1. The minimum Gasteiger partial charge on any atom is -0.437 e. The summed E-state index contributed by atoms with van der Waals surface area (Å²) in [4.78, 5) is 26.2. The van der Waals surface area contributed by atoms with Crippen molar-refractivity contribution in [3.05, 3.63) is 66.2 Å². The molecule has 1 atom stereocenters. The molecule has 200 valence electrons. The van der Waals surface area contributed by atoms with Crippen LogP contribution in [0.25, 0.3) is 22.0 Å². The van der Waals surface area contributed by atoms with E-state index >= 15 is 0 Å². The number of piperidine rings is 1. The van der Waals surface area contributed by atoms with Crippen LogP contribution in [0, 0.1) is 18.7 Å². The summed E-state index contributed by atoms with van der Waals surface area (Å²) in [5, 5.41) is 10.9. The smallest absolute Gasteiger partial charge is 0.228 e. The molecule has 39 heavy (non-hydrogen) atoms. The second kappa shape index (κ2) is 10.9. The van der Waals surface area contributed by atoms with Gasteiger partial charge in [-0.15, -0.1) is 0 Å². The molecule has 1 aliphatic heterocycles. The summed E-state index contributed by atoms with van der Waals surface area (Å²) in [6, 6.07) is 12.6. The first kappa shape index (κ1) is 25.2. The predicted octanol–water partition coefficient (Wildman–Crippen LogP) is 5.83. The van der Waals surface area contributed by atoms with Gasteiger partial charge in [0.2, 0.25) is 17.7 Å². The molecule has 1 aliphatic carbocycles. The van der Waals surface area contributed by atoms with E-state index in [1.807, 2.05) is 37.3 Å². The van der Waals surface area contributed by atoms with Crippen molar-refractivity contribution in [1.29, 1.82) is 0 Å². The van der Waals surface area contributed by atoms with Gasteiger partial charge in [-0.25, -0.2) is 19.3 Å². The normalized spacial score (nSPS) is 17.1. The van der Waals surface area contributed by atoms with E-state index in [9.17, 15) is 9.18 Å². The Labute approximate surface area is 226 Å². The number of hydrogen-bond acceptors (Lipinski definition) is 7. The van der Waals surface area contributed by atoms with Crippen molar-refractivity contribution in [2.24, 2.45) is 5.92 Å². The molecule has 2 fully saturated rings. The van der Waals surface area contributed by atoms with Crippen LogP contribution in [0.4, 0.5) is 16.0 Å². The standard InChI is InChI=1S/C30H31FN6O2/c1-18-6-9-21-22(10-11-24(31)27(21)37-26(38)16-19-7-8-19)28(18)39-29-23(5-3-14-33-29)25-12-15-34-30(36-25)35-20-4-2-13-32-17-20/h3,5-6,9-12,14-15,19-20,32H,2,4,7-8,13,16-17H2,1H3,(H,37,38)(H,34,35,36)/t20-/m0/s1. The fourth-order valence-electron chi connectivity index (χ4n) is 5.00. The van der Waals surface area contributed by atoms with Crippen LogP contribution >= 0.6 is 0 Å². The lowest BCUT2D eigenvalue weighted by Gasteiger charge is -2.23. The Morgan fingerprint density at radius 1 is 1.08 bits per heavy atom. The third-order valence-electron chi connectivity index (χ3n) is 7.26. The summed E-state index contributed by atoms with van der Waals surface area (Å²) in [7, 11) is 0. The SMILES string of the molecule is Cc1ccc2c(NC(=O)CC3CC3)c(F)ccc2c1Oc1ncccc1-c1ccnc(N[C@H]2CCCNC2)n1. The van der Waals surface area contributed by atoms with Gasteiger partial charge >= 0.3 is 0 Å². The van der Waals surface area contributed by atoms with Crippen LogP contribution in [0.2, 0.25) is 0 Å². The number of carbonyl (C=O) groups excluding carboxylic acids is 1. The quantitative estimate of drug-likeness (QED) is 0.265. The molecule has 0 bridgehead atoms. The highest BCUT2D eigenvalue weighted by molar-refractivity contribution is 6.05. The number of aromatic nitrogens is 3. The Kier molecular flexibility index (Phi) is 7.06. The van der Waals surface area contributed by atoms with E-state index in [1.54, 1.807) is 18.5 Å². The lowest BCUT2D eigenvalue weighted by Crippen LogP contribution is -2.38. The molecule has 0 radical (unpaired) electrons. The first-order valence-electron chi connectivity index (χ1n) is 13.5. The zero-order valence-corrected chi connectivity index (χ0v) is 21.8. The molecule has 9 heteroatoms. The number of anilines is 2. The summed E-state index contributed by atoms with van der Waals surface area (Å²) in [5.41, 5.74) is 2.42. The molecule has 3 heterocycles. The molecular weight excluding hydrogens is 495 g/mol. The lowest BCUT2D eigenvalue weighted by molar-refractivity contribution is -0.116. The maximum absolute atomic E-state index is 14.9. The van der Waals surface area contributed by atoms with E-state index in [4.69, 9.17) is 9.72 Å². The van der Waals surface area contributed by atoms with Crippen molar-refractivity contribution in [2.45, 2.75) is 45.1 Å². The number of pyridine rings is 1. The molecule has 4 aromatic rings. The monoisotopic (exact) mass is 526 g/mol. The van der Waals surface area contributed by atoms with Crippen LogP contribution in [0.3, 0.4) is 0 Å². The van der Waals surface area contributed by atoms with Gasteiger partial charge < -0.3 is 20.7 Å². The average Bonchev–Trinajstić information content (AvgIpc) is 3.76. The molecule has 0 spiro atoms. The van der Waals surface area contributed by atoms with E-state index in [0.29, 0.717) is 51.9 Å². The van der Waals surface area contributed by atoms with Crippen molar-refractivity contribution in [1.82, 2.24) is 20.3 Å². The Morgan fingerprint density at radius 3 is 2.77 bits per heavy atom. The third kappa shape index (κ3) is 5.68. The first-order chi connectivity index (χ1) is 19.0. The van der Waals surface area contributed by atoms with Gasteiger partial charge in [-0.05, 0) is 81.0 Å². The van der Waals surface area contributed by atoms with Crippen molar-refractivity contribution < 1.29 is 13.9 Å². The summed E-state index contributed by atoms with van der Waals surface area (Å²) in [6.45, 7) is 3.83. The van der Waals surface area contributed by atoms with Crippen molar-refractivity contribution >= 4 is 28.3 Å². The third-order valence-corrected chi connectivity index (χ3v) is 7.26. The summed E-state index contributed by atoms with van der Waals surface area (Å²) in [6.07, 6.45) is 8.07. The molecule has 2 aromatic heterocycles. The minimum atomic E-state index is -0.478. The van der Waals surface area contributed by atoms with Gasteiger partial charge in [-0.1, -0.05) is 12.1 Å². The number of aryl methyl sites for hydroxylation is 1. The number of rotatable bonds is 8. The molecule has 3 N–H and O–H groups in total. The van der Waals surface area contributed by atoms with Gasteiger partial charge in [-0.3, -0.25) is 4.79 Å². The van der Waals surface area contributed by atoms with Gasteiger partial charge in [0.15, 0.2) is 0 Å². The van der Waals surface area contributed by atoms with Gasteiger partial charge in [0.05, 0.1) is 16.9 Å². The minimum absolute atomic E-state index is 0.170. The molecule has 8 nitrogen and oxygen atoms in total. The fraction of sp³-hybridized carbons (Fsp3) is 0.333. The Hall–Kier alpha value is -4.11.